The second-order valence-corrected chi connectivity index (χ2v) is 6.64. The molecular weight excluding hydrogens is 343 g/mol. The number of aliphatic hydroxyl groups is 1. The molecule has 134 valence electrons. The molecule has 0 spiro atoms. The SMILES string of the molecule is COc1ccc(C(=O)C[C@@H](SCCO)c2ccc(F)cc2)cc1OC. The third-order valence-electron chi connectivity index (χ3n) is 3.73. The van der Waals surface area contributed by atoms with E-state index in [4.69, 9.17) is 14.6 Å². The molecule has 1 atom stereocenters. The summed E-state index contributed by atoms with van der Waals surface area (Å²) in [6, 6.07) is 11.1. The van der Waals surface area contributed by atoms with Crippen molar-refractivity contribution in [1.29, 1.82) is 0 Å². The number of ether oxygens (including phenoxy) is 2. The zero-order chi connectivity index (χ0) is 18.2. The molecule has 2 rings (SSSR count). The van der Waals surface area contributed by atoms with Gasteiger partial charge in [-0.05, 0) is 35.9 Å². The summed E-state index contributed by atoms with van der Waals surface area (Å²) >= 11 is 1.47. The van der Waals surface area contributed by atoms with Crippen LogP contribution >= 0.6 is 11.8 Å². The third-order valence-corrected chi connectivity index (χ3v) is 4.99. The van der Waals surface area contributed by atoms with Gasteiger partial charge in [0.2, 0.25) is 0 Å². The molecule has 0 bridgehead atoms. The number of carbonyl (C=O) groups excluding carboxylic acids is 1. The molecule has 2 aromatic rings. The molecule has 1 N–H and O–H groups in total. The molecule has 0 saturated heterocycles. The smallest absolute Gasteiger partial charge is 0.164 e. The Morgan fingerprint density at radius 2 is 1.80 bits per heavy atom. The highest BCUT2D eigenvalue weighted by Crippen LogP contribution is 2.34. The fraction of sp³-hybridized carbons (Fsp3) is 0.316. The summed E-state index contributed by atoms with van der Waals surface area (Å²) in [6.45, 7) is 0.0207. The van der Waals surface area contributed by atoms with Gasteiger partial charge in [-0.2, -0.15) is 11.8 Å². The molecule has 0 saturated carbocycles. The van der Waals surface area contributed by atoms with Crippen molar-refractivity contribution >= 4 is 17.5 Å². The van der Waals surface area contributed by atoms with Crippen LogP contribution in [-0.2, 0) is 0 Å². The molecule has 0 aliphatic heterocycles. The summed E-state index contributed by atoms with van der Waals surface area (Å²) < 4.78 is 23.6. The van der Waals surface area contributed by atoms with Crippen LogP contribution in [0, 0.1) is 5.82 Å². The summed E-state index contributed by atoms with van der Waals surface area (Å²) in [5, 5.41) is 8.93. The van der Waals surface area contributed by atoms with Crippen molar-refractivity contribution in [3.05, 3.63) is 59.4 Å². The number of halogens is 1. The second-order valence-electron chi connectivity index (χ2n) is 5.33. The Bertz CT molecular complexity index is 703. The summed E-state index contributed by atoms with van der Waals surface area (Å²) in [5.74, 6) is 1.18. The number of hydrogen-bond donors (Lipinski definition) is 1. The van der Waals surface area contributed by atoms with Crippen molar-refractivity contribution in [2.45, 2.75) is 11.7 Å². The van der Waals surface area contributed by atoms with E-state index in [9.17, 15) is 9.18 Å². The van der Waals surface area contributed by atoms with Gasteiger partial charge in [0.05, 0.1) is 20.8 Å². The summed E-state index contributed by atoms with van der Waals surface area (Å²) in [4.78, 5) is 12.7. The van der Waals surface area contributed by atoms with Crippen LogP contribution in [0.15, 0.2) is 42.5 Å². The first kappa shape index (κ1) is 19.3. The van der Waals surface area contributed by atoms with Crippen LogP contribution in [0.3, 0.4) is 0 Å². The summed E-state index contributed by atoms with van der Waals surface area (Å²) in [7, 11) is 3.06. The van der Waals surface area contributed by atoms with Crippen LogP contribution in [0.5, 0.6) is 11.5 Å². The first-order chi connectivity index (χ1) is 12.1. The number of benzene rings is 2. The predicted molar refractivity (Wildman–Crippen MR) is 97.2 cm³/mol. The number of aliphatic hydroxyl groups excluding tert-OH is 1. The minimum absolute atomic E-state index is 0.0207. The van der Waals surface area contributed by atoms with Crippen LogP contribution in [0.4, 0.5) is 4.39 Å². The average Bonchev–Trinajstić information content (AvgIpc) is 2.65. The van der Waals surface area contributed by atoms with E-state index in [0.29, 0.717) is 22.8 Å². The van der Waals surface area contributed by atoms with Crippen molar-refractivity contribution < 1.29 is 23.8 Å². The van der Waals surface area contributed by atoms with E-state index in [-0.39, 0.29) is 29.9 Å². The quantitative estimate of drug-likeness (QED) is 0.684. The van der Waals surface area contributed by atoms with Gasteiger partial charge in [0.25, 0.3) is 0 Å². The lowest BCUT2D eigenvalue weighted by molar-refractivity contribution is 0.0981. The minimum Gasteiger partial charge on any atom is -0.493 e. The van der Waals surface area contributed by atoms with E-state index in [1.165, 1.54) is 38.1 Å². The summed E-state index contributed by atoms with van der Waals surface area (Å²) in [5.41, 5.74) is 1.38. The van der Waals surface area contributed by atoms with Crippen LogP contribution in [-0.4, -0.2) is 37.5 Å². The van der Waals surface area contributed by atoms with Crippen LogP contribution in [0.25, 0.3) is 0 Å². The Kier molecular flexibility index (Phi) is 7.28. The Morgan fingerprint density at radius 1 is 1.12 bits per heavy atom. The van der Waals surface area contributed by atoms with Crippen molar-refractivity contribution in [3.8, 4) is 11.5 Å². The Hall–Kier alpha value is -2.05. The maximum Gasteiger partial charge on any atom is 0.164 e. The van der Waals surface area contributed by atoms with Gasteiger partial charge in [0.1, 0.15) is 5.82 Å². The largest absolute Gasteiger partial charge is 0.493 e. The fourth-order valence-electron chi connectivity index (χ4n) is 2.44. The lowest BCUT2D eigenvalue weighted by Gasteiger charge is -2.16. The molecule has 0 heterocycles. The molecule has 0 aliphatic rings. The summed E-state index contributed by atoms with van der Waals surface area (Å²) in [6.07, 6.45) is 0.242. The molecule has 0 amide bonds. The van der Waals surface area contributed by atoms with Crippen molar-refractivity contribution in [2.75, 3.05) is 26.6 Å². The van der Waals surface area contributed by atoms with Crippen LogP contribution in [0.1, 0.15) is 27.6 Å². The number of carbonyl (C=O) groups is 1. The number of thioether (sulfide) groups is 1. The molecule has 25 heavy (non-hydrogen) atoms. The molecule has 0 fully saturated rings. The molecule has 0 radical (unpaired) electrons. The van der Waals surface area contributed by atoms with Gasteiger partial charge in [-0.25, -0.2) is 4.39 Å². The highest BCUT2D eigenvalue weighted by molar-refractivity contribution is 7.99. The van der Waals surface area contributed by atoms with Gasteiger partial charge < -0.3 is 14.6 Å². The van der Waals surface area contributed by atoms with Crippen molar-refractivity contribution in [3.63, 3.8) is 0 Å². The molecule has 0 aliphatic carbocycles. The number of methoxy groups -OCH3 is 2. The molecule has 0 unspecified atom stereocenters. The zero-order valence-corrected chi connectivity index (χ0v) is 15.0. The van der Waals surface area contributed by atoms with Gasteiger partial charge in [0.15, 0.2) is 17.3 Å². The monoisotopic (exact) mass is 364 g/mol. The predicted octanol–water partition coefficient (Wildman–Crippen LogP) is 3.88. The number of hydrogen-bond acceptors (Lipinski definition) is 5. The maximum absolute atomic E-state index is 13.1. The van der Waals surface area contributed by atoms with E-state index in [1.807, 2.05) is 0 Å². The standard InChI is InChI=1S/C19H21FO4S/c1-23-17-8-5-14(11-18(17)24-2)16(22)12-19(25-10-9-21)13-3-6-15(20)7-4-13/h3-8,11,19,21H,9-10,12H2,1-2H3/t19-/m1/s1. The lowest BCUT2D eigenvalue weighted by Crippen LogP contribution is -2.07. The average molecular weight is 364 g/mol. The van der Waals surface area contributed by atoms with Crippen LogP contribution < -0.4 is 9.47 Å². The fourth-order valence-corrected chi connectivity index (χ4v) is 3.45. The maximum atomic E-state index is 13.1. The van der Waals surface area contributed by atoms with Crippen molar-refractivity contribution in [2.24, 2.45) is 0 Å². The van der Waals surface area contributed by atoms with Gasteiger partial charge in [0, 0.05) is 23.0 Å². The number of Topliss-reactive ketones (excluding diaryl/α,β-unsaturated/α-hetero) is 1. The highest BCUT2D eigenvalue weighted by atomic mass is 32.2. The second kappa shape index (κ2) is 9.44. The molecule has 4 nitrogen and oxygen atoms in total. The Labute approximate surface area is 151 Å². The van der Waals surface area contributed by atoms with E-state index < -0.39 is 0 Å². The van der Waals surface area contributed by atoms with Gasteiger partial charge in [-0.3, -0.25) is 4.79 Å². The Balaban J connectivity index is 2.19. The van der Waals surface area contributed by atoms with E-state index >= 15 is 0 Å². The Morgan fingerprint density at radius 3 is 2.40 bits per heavy atom. The van der Waals surface area contributed by atoms with Crippen molar-refractivity contribution in [1.82, 2.24) is 0 Å². The van der Waals surface area contributed by atoms with E-state index in [1.54, 1.807) is 30.3 Å². The van der Waals surface area contributed by atoms with Gasteiger partial charge in [-0.1, -0.05) is 12.1 Å². The van der Waals surface area contributed by atoms with E-state index in [2.05, 4.69) is 0 Å². The lowest BCUT2D eigenvalue weighted by atomic mass is 10.0. The number of rotatable bonds is 9. The zero-order valence-electron chi connectivity index (χ0n) is 14.2. The first-order valence-corrected chi connectivity index (χ1v) is 8.87. The molecule has 6 heteroatoms. The highest BCUT2D eigenvalue weighted by Gasteiger charge is 2.19. The molecule has 2 aromatic carbocycles. The molecule has 0 aromatic heterocycles. The van der Waals surface area contributed by atoms with E-state index in [0.717, 1.165) is 5.56 Å². The van der Waals surface area contributed by atoms with Gasteiger partial charge >= 0.3 is 0 Å². The number of ketones is 1. The minimum atomic E-state index is -0.319. The first-order valence-electron chi connectivity index (χ1n) is 7.82. The van der Waals surface area contributed by atoms with Gasteiger partial charge in [-0.15, -0.1) is 0 Å². The molecular formula is C19H21FO4S. The normalized spacial score (nSPS) is 11.8. The third kappa shape index (κ3) is 5.21. The van der Waals surface area contributed by atoms with Crippen LogP contribution in [0.2, 0.25) is 0 Å². The topological polar surface area (TPSA) is 55.8 Å².